The van der Waals surface area contributed by atoms with Crippen molar-refractivity contribution >= 4 is 35.5 Å². The molecule has 0 rings (SSSR count). The summed E-state index contributed by atoms with van der Waals surface area (Å²) in [5.41, 5.74) is 0. The van der Waals surface area contributed by atoms with E-state index >= 15 is 0 Å². The molecule has 56 valence electrons. The van der Waals surface area contributed by atoms with Crippen molar-refractivity contribution in [3.05, 3.63) is 0 Å². The number of hydrogen-bond donors (Lipinski definition) is 1. The summed E-state index contributed by atoms with van der Waals surface area (Å²) in [6, 6.07) is 0. The van der Waals surface area contributed by atoms with E-state index in [0.717, 1.165) is 13.1 Å². The van der Waals surface area contributed by atoms with Gasteiger partial charge in [0.25, 0.3) is 0 Å². The second kappa shape index (κ2) is 7.54. The minimum atomic E-state index is -0.751. The fraction of sp³-hybridized carbons (Fsp3) is 0.833. The average Bonchev–Trinajstić information content (AvgIpc) is 1.82. The zero-order valence-electron chi connectivity index (χ0n) is 5.92. The first-order chi connectivity index (χ1) is 4.20. The molecule has 0 heterocycles. The molecule has 0 saturated heterocycles. The second-order valence-corrected chi connectivity index (χ2v) is 1.86. The van der Waals surface area contributed by atoms with Crippen molar-refractivity contribution in [2.45, 2.75) is 13.8 Å². The summed E-state index contributed by atoms with van der Waals surface area (Å²) >= 11 is 0. The fourth-order valence-electron chi connectivity index (χ4n) is 0.639. The third-order valence-electron chi connectivity index (χ3n) is 1.25. The molecule has 4 heteroatoms. The van der Waals surface area contributed by atoms with Gasteiger partial charge < -0.3 is 5.11 Å². The van der Waals surface area contributed by atoms with Gasteiger partial charge in [-0.05, 0) is 13.1 Å². The van der Waals surface area contributed by atoms with E-state index in [1.807, 2.05) is 18.7 Å². The maximum atomic E-state index is 10.1. The van der Waals surface area contributed by atoms with Crippen LogP contribution < -0.4 is 0 Å². The number of nitrogens with zero attached hydrogens (tertiary/aromatic N) is 1. The number of hydrogen-bond acceptors (Lipinski definition) is 2. The van der Waals surface area contributed by atoms with Crippen LogP contribution in [0.5, 0.6) is 0 Å². The third kappa shape index (κ3) is 6.55. The van der Waals surface area contributed by atoms with E-state index in [1.54, 1.807) is 0 Å². The van der Waals surface area contributed by atoms with Crippen molar-refractivity contribution in [3.8, 4) is 0 Å². The van der Waals surface area contributed by atoms with Gasteiger partial charge in [0.15, 0.2) is 0 Å². The molecular formula is C6H14NNaO2. The van der Waals surface area contributed by atoms with E-state index in [2.05, 4.69) is 0 Å². The fourth-order valence-corrected chi connectivity index (χ4v) is 0.639. The van der Waals surface area contributed by atoms with Gasteiger partial charge in [0.05, 0.1) is 6.54 Å². The molecule has 0 aromatic heterocycles. The van der Waals surface area contributed by atoms with Gasteiger partial charge in [-0.1, -0.05) is 13.8 Å². The molecule has 0 amide bonds. The standard InChI is InChI=1S/C6H13NO2.Na.H/c1-3-7(4-2)5-6(8)9;;/h3-5H2,1-2H3,(H,8,9);;. The Labute approximate surface area is 83.7 Å². The van der Waals surface area contributed by atoms with E-state index in [1.165, 1.54) is 0 Å². The van der Waals surface area contributed by atoms with Crippen LogP contribution in [-0.4, -0.2) is 65.2 Å². The van der Waals surface area contributed by atoms with Crippen LogP contribution in [0.4, 0.5) is 0 Å². The molecule has 0 spiro atoms. The van der Waals surface area contributed by atoms with Crippen molar-refractivity contribution in [1.29, 1.82) is 0 Å². The van der Waals surface area contributed by atoms with Gasteiger partial charge in [0, 0.05) is 0 Å². The van der Waals surface area contributed by atoms with E-state index in [9.17, 15) is 4.79 Å². The van der Waals surface area contributed by atoms with Crippen LogP contribution in [0, 0.1) is 0 Å². The molecule has 0 aliphatic carbocycles. The van der Waals surface area contributed by atoms with E-state index in [-0.39, 0.29) is 36.1 Å². The molecule has 0 unspecified atom stereocenters. The molecule has 0 aromatic rings. The third-order valence-corrected chi connectivity index (χ3v) is 1.25. The number of aliphatic carboxylic acids is 1. The van der Waals surface area contributed by atoms with E-state index < -0.39 is 5.97 Å². The Morgan fingerprint density at radius 2 is 1.80 bits per heavy atom. The van der Waals surface area contributed by atoms with Gasteiger partial charge in [0.2, 0.25) is 0 Å². The number of likely N-dealkylation sites (N-methyl/N-ethyl adjacent to an activating group) is 1. The van der Waals surface area contributed by atoms with Crippen LogP contribution in [0.1, 0.15) is 13.8 Å². The molecular weight excluding hydrogens is 141 g/mol. The SMILES string of the molecule is CCN(CC)CC(=O)O.[NaH]. The van der Waals surface area contributed by atoms with Gasteiger partial charge in [-0.3, -0.25) is 9.69 Å². The summed E-state index contributed by atoms with van der Waals surface area (Å²) in [6.45, 7) is 5.68. The van der Waals surface area contributed by atoms with Crippen LogP contribution in [-0.2, 0) is 4.79 Å². The molecule has 0 aromatic carbocycles. The maximum absolute atomic E-state index is 10.1. The minimum absolute atomic E-state index is 0. The number of rotatable bonds is 4. The Bertz CT molecular complexity index is 93.7. The van der Waals surface area contributed by atoms with Crippen LogP contribution in [0.3, 0.4) is 0 Å². The molecule has 3 nitrogen and oxygen atoms in total. The monoisotopic (exact) mass is 155 g/mol. The molecule has 0 radical (unpaired) electrons. The predicted molar refractivity (Wildman–Crippen MR) is 42.6 cm³/mol. The van der Waals surface area contributed by atoms with Crippen molar-refractivity contribution in [2.75, 3.05) is 19.6 Å². The van der Waals surface area contributed by atoms with Crippen LogP contribution in [0.25, 0.3) is 0 Å². The summed E-state index contributed by atoms with van der Waals surface area (Å²) in [5.74, 6) is -0.751. The van der Waals surface area contributed by atoms with Crippen molar-refractivity contribution in [2.24, 2.45) is 0 Å². The number of carbonyl (C=O) groups is 1. The first kappa shape index (κ1) is 13.1. The molecule has 0 saturated carbocycles. The summed E-state index contributed by atoms with van der Waals surface area (Å²) in [7, 11) is 0. The van der Waals surface area contributed by atoms with Gasteiger partial charge in [-0.2, -0.15) is 0 Å². The molecule has 0 bridgehead atoms. The normalized spacial score (nSPS) is 9.10. The van der Waals surface area contributed by atoms with Crippen molar-refractivity contribution < 1.29 is 9.90 Å². The Balaban J connectivity index is 0. The van der Waals surface area contributed by atoms with Crippen LogP contribution >= 0.6 is 0 Å². The summed E-state index contributed by atoms with van der Waals surface area (Å²) < 4.78 is 0. The quantitative estimate of drug-likeness (QED) is 0.570. The summed E-state index contributed by atoms with van der Waals surface area (Å²) in [6.07, 6.45) is 0. The van der Waals surface area contributed by atoms with Gasteiger partial charge in [0.1, 0.15) is 0 Å². The Morgan fingerprint density at radius 3 is 1.90 bits per heavy atom. The molecule has 0 atom stereocenters. The van der Waals surface area contributed by atoms with Gasteiger partial charge >= 0.3 is 35.5 Å². The average molecular weight is 155 g/mol. The topological polar surface area (TPSA) is 40.5 Å². The zero-order chi connectivity index (χ0) is 7.28. The molecule has 10 heavy (non-hydrogen) atoms. The van der Waals surface area contributed by atoms with Crippen molar-refractivity contribution in [3.63, 3.8) is 0 Å². The predicted octanol–water partition coefficient (Wildman–Crippen LogP) is -0.236. The summed E-state index contributed by atoms with van der Waals surface area (Å²) in [5, 5.41) is 8.30. The number of carboxylic acid groups (broad SMARTS) is 1. The van der Waals surface area contributed by atoms with Crippen molar-refractivity contribution in [1.82, 2.24) is 4.90 Å². The van der Waals surface area contributed by atoms with Crippen LogP contribution in [0.15, 0.2) is 0 Å². The first-order valence-electron chi connectivity index (χ1n) is 3.14. The molecule has 0 aliphatic rings. The Hall–Kier alpha value is 0.430. The number of carboxylic acids is 1. The first-order valence-corrected chi connectivity index (χ1v) is 3.14. The van der Waals surface area contributed by atoms with E-state index in [0.29, 0.717) is 0 Å². The van der Waals surface area contributed by atoms with Gasteiger partial charge in [-0.15, -0.1) is 0 Å². The summed E-state index contributed by atoms with van der Waals surface area (Å²) in [4.78, 5) is 11.9. The molecule has 0 fully saturated rings. The van der Waals surface area contributed by atoms with E-state index in [4.69, 9.17) is 5.11 Å². The Kier molecular flexibility index (Phi) is 9.84. The molecule has 0 aliphatic heterocycles. The Morgan fingerprint density at radius 1 is 1.40 bits per heavy atom. The van der Waals surface area contributed by atoms with Gasteiger partial charge in [-0.25, -0.2) is 0 Å². The van der Waals surface area contributed by atoms with Crippen LogP contribution in [0.2, 0.25) is 0 Å². The molecule has 1 N–H and O–H groups in total. The zero-order valence-corrected chi connectivity index (χ0v) is 5.92. The second-order valence-electron chi connectivity index (χ2n) is 1.86.